The van der Waals surface area contributed by atoms with Gasteiger partial charge in [0.15, 0.2) is 5.69 Å². The molecule has 0 saturated carbocycles. The molecule has 1 aromatic rings. The molecule has 0 saturated heterocycles. The van der Waals surface area contributed by atoms with E-state index in [0.29, 0.717) is 17.9 Å². The quantitative estimate of drug-likeness (QED) is 0.712. The van der Waals surface area contributed by atoms with Crippen LogP contribution in [0.5, 0.6) is 0 Å². The van der Waals surface area contributed by atoms with E-state index in [0.717, 1.165) is 12.1 Å². The summed E-state index contributed by atoms with van der Waals surface area (Å²) in [5.74, 6) is -0.201. The summed E-state index contributed by atoms with van der Waals surface area (Å²) < 4.78 is 0. The van der Waals surface area contributed by atoms with Crippen molar-refractivity contribution in [3.8, 4) is 0 Å². The molecule has 0 fully saturated rings. The van der Waals surface area contributed by atoms with Gasteiger partial charge in [-0.3, -0.25) is 9.89 Å². The van der Waals surface area contributed by atoms with Crippen LogP contribution in [0.25, 0.3) is 0 Å². The highest BCUT2D eigenvalue weighted by atomic mass is 16.1. The number of hydrogen-bond acceptors (Lipinski definition) is 3. The largest absolute Gasteiger partial charge is 0.395 e. The first kappa shape index (κ1) is 12.7. The Morgan fingerprint density at radius 1 is 1.56 bits per heavy atom. The van der Waals surface area contributed by atoms with Crippen molar-refractivity contribution in [1.82, 2.24) is 15.5 Å². The number of carbonyl (C=O) groups excluding carboxylic acids is 1. The zero-order chi connectivity index (χ0) is 13.0. The Kier molecular flexibility index (Phi) is 4.02. The predicted octanol–water partition coefficient (Wildman–Crippen LogP) is 1.92. The lowest BCUT2D eigenvalue weighted by Gasteiger charge is -2.12. The van der Waals surface area contributed by atoms with E-state index in [-0.39, 0.29) is 5.91 Å². The average Bonchev–Trinajstić information content (AvgIpc) is 2.71. The molecule has 1 aliphatic carbocycles. The summed E-state index contributed by atoms with van der Waals surface area (Å²) >= 11 is 0. The molecule has 0 radical (unpaired) electrons. The second-order valence-electron chi connectivity index (χ2n) is 4.72. The van der Waals surface area contributed by atoms with Gasteiger partial charge in [0, 0.05) is 6.54 Å². The van der Waals surface area contributed by atoms with E-state index in [1.807, 2.05) is 0 Å². The fourth-order valence-electron chi connectivity index (χ4n) is 2.16. The number of H-pyrrole nitrogens is 1. The van der Waals surface area contributed by atoms with E-state index in [9.17, 15) is 4.79 Å². The summed E-state index contributed by atoms with van der Waals surface area (Å²) in [4.78, 5) is 11.8. The number of anilines is 1. The zero-order valence-electron chi connectivity index (χ0n) is 10.8. The Morgan fingerprint density at radius 3 is 3.00 bits per heavy atom. The topological polar surface area (TPSA) is 83.8 Å². The second kappa shape index (κ2) is 5.71. The lowest BCUT2D eigenvalue weighted by Crippen LogP contribution is -2.26. The van der Waals surface area contributed by atoms with Gasteiger partial charge >= 0.3 is 0 Å². The minimum atomic E-state index is -0.201. The Balaban J connectivity index is 1.81. The van der Waals surface area contributed by atoms with Gasteiger partial charge < -0.3 is 11.1 Å². The van der Waals surface area contributed by atoms with Gasteiger partial charge in [-0.25, -0.2) is 0 Å². The molecule has 0 aliphatic heterocycles. The summed E-state index contributed by atoms with van der Waals surface area (Å²) in [7, 11) is 0. The first-order valence-electron chi connectivity index (χ1n) is 6.45. The first-order valence-corrected chi connectivity index (χ1v) is 6.45. The first-order chi connectivity index (χ1) is 8.68. The van der Waals surface area contributed by atoms with Gasteiger partial charge in [-0.1, -0.05) is 11.6 Å². The van der Waals surface area contributed by atoms with Crippen LogP contribution in [0.1, 0.15) is 48.3 Å². The fraction of sp³-hybridized carbons (Fsp3) is 0.538. The van der Waals surface area contributed by atoms with E-state index < -0.39 is 0 Å². The van der Waals surface area contributed by atoms with Crippen LogP contribution >= 0.6 is 0 Å². The number of carbonyl (C=O) groups is 1. The third kappa shape index (κ3) is 2.91. The molecular weight excluding hydrogens is 228 g/mol. The number of hydrogen-bond donors (Lipinski definition) is 3. The van der Waals surface area contributed by atoms with Crippen LogP contribution in [0, 0.1) is 6.92 Å². The van der Waals surface area contributed by atoms with Crippen molar-refractivity contribution in [3.05, 3.63) is 23.0 Å². The van der Waals surface area contributed by atoms with Crippen LogP contribution in [0.2, 0.25) is 0 Å². The van der Waals surface area contributed by atoms with E-state index in [1.165, 1.54) is 31.3 Å². The van der Waals surface area contributed by atoms with Gasteiger partial charge in [-0.05, 0) is 39.0 Å². The number of nitrogens with two attached hydrogens (primary N) is 1. The maximum absolute atomic E-state index is 11.8. The lowest BCUT2D eigenvalue weighted by molar-refractivity contribution is 0.0950. The second-order valence-corrected chi connectivity index (χ2v) is 4.72. The number of amides is 1. The molecule has 1 aliphatic rings. The minimum absolute atomic E-state index is 0.201. The third-order valence-corrected chi connectivity index (χ3v) is 3.33. The molecule has 0 atom stereocenters. The Hall–Kier alpha value is -1.78. The van der Waals surface area contributed by atoms with E-state index >= 15 is 0 Å². The molecule has 5 heteroatoms. The molecular formula is C13H20N4O. The molecule has 1 amide bonds. The summed E-state index contributed by atoms with van der Waals surface area (Å²) in [5, 5.41) is 9.47. The molecule has 0 unspecified atom stereocenters. The third-order valence-electron chi connectivity index (χ3n) is 3.33. The van der Waals surface area contributed by atoms with E-state index in [4.69, 9.17) is 5.73 Å². The van der Waals surface area contributed by atoms with Gasteiger partial charge in [-0.2, -0.15) is 5.10 Å². The molecule has 0 aromatic carbocycles. The number of nitrogens with zero attached hydrogens (tertiary/aromatic N) is 1. The molecule has 18 heavy (non-hydrogen) atoms. The molecule has 1 heterocycles. The average molecular weight is 248 g/mol. The number of aromatic nitrogens is 2. The zero-order valence-corrected chi connectivity index (χ0v) is 10.8. The summed E-state index contributed by atoms with van der Waals surface area (Å²) in [6.07, 6.45) is 8.12. The van der Waals surface area contributed by atoms with Crippen LogP contribution < -0.4 is 11.1 Å². The highest BCUT2D eigenvalue weighted by Crippen LogP contribution is 2.19. The van der Waals surface area contributed by atoms with Crippen molar-refractivity contribution >= 4 is 11.6 Å². The van der Waals surface area contributed by atoms with Crippen LogP contribution in [0.3, 0.4) is 0 Å². The van der Waals surface area contributed by atoms with E-state index in [2.05, 4.69) is 21.6 Å². The minimum Gasteiger partial charge on any atom is -0.395 e. The summed E-state index contributed by atoms with van der Waals surface area (Å²) in [5.41, 5.74) is 8.67. The van der Waals surface area contributed by atoms with Crippen molar-refractivity contribution in [2.24, 2.45) is 0 Å². The Bertz CT molecular complexity index is 462. The standard InChI is InChI=1S/C13H20N4O/c1-9-11(14)12(17-16-9)13(18)15-8-7-10-5-3-2-4-6-10/h5H,2-4,6-8,14H2,1H3,(H,15,18)(H,16,17). The number of aryl methyl sites for hydroxylation is 1. The smallest absolute Gasteiger partial charge is 0.273 e. The maximum Gasteiger partial charge on any atom is 0.273 e. The van der Waals surface area contributed by atoms with Gasteiger partial charge in [0.25, 0.3) is 5.91 Å². The maximum atomic E-state index is 11.8. The molecule has 5 nitrogen and oxygen atoms in total. The van der Waals surface area contributed by atoms with Crippen LogP contribution in [0.4, 0.5) is 5.69 Å². The van der Waals surface area contributed by atoms with Crippen molar-refractivity contribution < 1.29 is 4.79 Å². The predicted molar refractivity (Wildman–Crippen MR) is 71.2 cm³/mol. The molecule has 2 rings (SSSR count). The van der Waals surface area contributed by atoms with Crippen molar-refractivity contribution in [3.63, 3.8) is 0 Å². The normalized spacial score (nSPS) is 15.3. The molecule has 98 valence electrons. The molecule has 0 spiro atoms. The monoisotopic (exact) mass is 248 g/mol. The number of nitrogen functional groups attached to an aromatic ring is 1. The van der Waals surface area contributed by atoms with Gasteiger partial charge in [0.2, 0.25) is 0 Å². The number of rotatable bonds is 4. The number of allylic oxidation sites excluding steroid dienone is 1. The van der Waals surface area contributed by atoms with Crippen LogP contribution in [0.15, 0.2) is 11.6 Å². The van der Waals surface area contributed by atoms with Crippen LogP contribution in [-0.4, -0.2) is 22.6 Å². The summed E-state index contributed by atoms with van der Waals surface area (Å²) in [6.45, 7) is 2.45. The van der Waals surface area contributed by atoms with Crippen molar-refractivity contribution in [2.75, 3.05) is 12.3 Å². The van der Waals surface area contributed by atoms with Crippen LogP contribution in [-0.2, 0) is 0 Å². The molecule has 4 N–H and O–H groups in total. The van der Waals surface area contributed by atoms with Gasteiger partial charge in [0.1, 0.15) is 0 Å². The highest BCUT2D eigenvalue weighted by molar-refractivity contribution is 5.97. The Morgan fingerprint density at radius 2 is 2.39 bits per heavy atom. The van der Waals surface area contributed by atoms with E-state index in [1.54, 1.807) is 6.92 Å². The summed E-state index contributed by atoms with van der Waals surface area (Å²) in [6, 6.07) is 0. The Labute approximate surface area is 107 Å². The number of aromatic amines is 1. The van der Waals surface area contributed by atoms with Crippen molar-refractivity contribution in [1.29, 1.82) is 0 Å². The molecule has 1 aromatic heterocycles. The van der Waals surface area contributed by atoms with Gasteiger partial charge in [-0.15, -0.1) is 0 Å². The number of nitrogens with one attached hydrogen (secondary N) is 2. The van der Waals surface area contributed by atoms with Crippen molar-refractivity contribution in [2.45, 2.75) is 39.0 Å². The SMILES string of the molecule is Cc1[nH]nc(C(=O)NCCC2=CCCCC2)c1N. The van der Waals surface area contributed by atoms with Gasteiger partial charge in [0.05, 0.1) is 11.4 Å². The fourth-order valence-corrected chi connectivity index (χ4v) is 2.16. The highest BCUT2D eigenvalue weighted by Gasteiger charge is 2.14. The lowest BCUT2D eigenvalue weighted by atomic mass is 9.97. The molecule has 0 bridgehead atoms.